The molecule has 2 aromatic carbocycles. The minimum Gasteiger partial charge on any atom is -0.464 e. The molecule has 16 heteroatoms. The lowest BCUT2D eigenvalue weighted by Gasteiger charge is -2.19. The van der Waals surface area contributed by atoms with E-state index in [1.54, 1.807) is 6.92 Å². The van der Waals surface area contributed by atoms with Gasteiger partial charge >= 0.3 is 18.3 Å². The second-order valence-corrected chi connectivity index (χ2v) is 9.35. The van der Waals surface area contributed by atoms with Crippen molar-refractivity contribution in [1.29, 1.82) is 0 Å². The fraction of sp³-hybridized carbons (Fsp3) is 0.214. The number of esters is 1. The molecule has 0 aliphatic carbocycles. The van der Waals surface area contributed by atoms with E-state index in [0.717, 1.165) is 18.5 Å². The molecule has 0 N–H and O–H groups in total. The standard InChI is InChI=1S/C28H18F8N6O2/c1-2-10-44-26(43)23(42-12-21-25(37-13-42)39-24(38-21)16-4-3-5-18(29)22(16)30)20-9-8-19(40-41-20)15-7-6-14(27(31,32)33)11-17(15)28(34,35)36/h3-9,11-13,23H,2,10H2,1H3. The number of ether oxygens (including phenoxy) is 1. The molecule has 1 atom stereocenters. The Morgan fingerprint density at radius 3 is 2.32 bits per heavy atom. The van der Waals surface area contributed by atoms with Gasteiger partial charge in [-0.2, -0.15) is 36.5 Å². The molecule has 8 nitrogen and oxygen atoms in total. The summed E-state index contributed by atoms with van der Waals surface area (Å²) in [6.07, 6.45) is -7.23. The van der Waals surface area contributed by atoms with Gasteiger partial charge in [-0.3, -0.25) is 0 Å². The molecular weight excluding hydrogens is 604 g/mol. The molecule has 0 radical (unpaired) electrons. The van der Waals surface area contributed by atoms with Gasteiger partial charge in [0.1, 0.15) is 5.69 Å². The molecule has 3 aromatic rings. The Morgan fingerprint density at radius 1 is 0.886 bits per heavy atom. The maximum atomic E-state index is 14.3. The Labute approximate surface area is 242 Å². The quantitative estimate of drug-likeness (QED) is 0.146. The third kappa shape index (κ3) is 6.05. The highest BCUT2D eigenvalue weighted by Gasteiger charge is 2.39. The Balaban J connectivity index is 1.55. The van der Waals surface area contributed by atoms with E-state index in [0.29, 0.717) is 18.6 Å². The van der Waals surface area contributed by atoms with Crippen LogP contribution >= 0.6 is 0 Å². The van der Waals surface area contributed by atoms with Crippen molar-refractivity contribution in [2.75, 3.05) is 6.61 Å². The minimum absolute atomic E-state index is 0.0107. The Kier molecular flexibility index (Phi) is 8.01. The zero-order valence-electron chi connectivity index (χ0n) is 22.3. The summed E-state index contributed by atoms with van der Waals surface area (Å²) in [5, 5.41) is 7.66. The van der Waals surface area contributed by atoms with Crippen LogP contribution in [0.1, 0.15) is 36.2 Å². The number of imidazole rings is 1. The van der Waals surface area contributed by atoms with E-state index < -0.39 is 58.4 Å². The molecule has 5 rings (SSSR count). The van der Waals surface area contributed by atoms with E-state index in [1.165, 1.54) is 29.0 Å². The van der Waals surface area contributed by atoms with E-state index in [2.05, 4.69) is 25.1 Å². The second kappa shape index (κ2) is 11.6. The molecule has 0 saturated carbocycles. The number of fused-ring (bicyclic) bond motifs is 1. The van der Waals surface area contributed by atoms with E-state index in [1.807, 2.05) is 0 Å². The van der Waals surface area contributed by atoms with Crippen LogP contribution in [0.2, 0.25) is 0 Å². The number of carbonyl (C=O) groups excluding carboxylic acids is 1. The molecule has 0 fully saturated rings. The van der Waals surface area contributed by atoms with Crippen molar-refractivity contribution in [2.24, 2.45) is 0 Å². The molecule has 1 unspecified atom stereocenters. The monoisotopic (exact) mass is 622 g/mol. The first kappa shape index (κ1) is 30.4. The van der Waals surface area contributed by atoms with Crippen molar-refractivity contribution in [1.82, 2.24) is 29.7 Å². The Morgan fingerprint density at radius 2 is 1.66 bits per heavy atom. The summed E-state index contributed by atoms with van der Waals surface area (Å²) < 4.78 is 115. The Bertz CT molecular complexity index is 1790. The second-order valence-electron chi connectivity index (χ2n) is 9.35. The van der Waals surface area contributed by atoms with Gasteiger partial charge in [0.2, 0.25) is 0 Å². The van der Waals surface area contributed by atoms with Crippen LogP contribution in [0.3, 0.4) is 0 Å². The fourth-order valence-electron chi connectivity index (χ4n) is 4.25. The minimum atomic E-state index is -5.14. The van der Waals surface area contributed by atoms with Crippen LogP contribution in [0.5, 0.6) is 0 Å². The van der Waals surface area contributed by atoms with Crippen molar-refractivity contribution in [3.8, 4) is 34.2 Å². The number of rotatable bonds is 7. The zero-order valence-corrected chi connectivity index (χ0v) is 22.3. The van der Waals surface area contributed by atoms with Crippen LogP contribution in [-0.2, 0) is 21.9 Å². The van der Waals surface area contributed by atoms with Crippen molar-refractivity contribution in [3.05, 3.63) is 89.5 Å². The lowest BCUT2D eigenvalue weighted by atomic mass is 10.00. The van der Waals surface area contributed by atoms with Gasteiger partial charge in [0.05, 0.1) is 41.0 Å². The van der Waals surface area contributed by atoms with Crippen molar-refractivity contribution in [3.63, 3.8) is 0 Å². The molecule has 44 heavy (non-hydrogen) atoms. The number of aromatic nitrogens is 6. The highest BCUT2D eigenvalue weighted by atomic mass is 19.4. The molecule has 1 aromatic heterocycles. The lowest BCUT2D eigenvalue weighted by molar-refractivity contribution is -0.146. The molecule has 0 amide bonds. The number of carbonyl (C=O) groups is 1. The predicted molar refractivity (Wildman–Crippen MR) is 137 cm³/mol. The normalized spacial score (nSPS) is 12.8. The van der Waals surface area contributed by atoms with Crippen molar-refractivity contribution in [2.45, 2.75) is 31.7 Å². The lowest BCUT2D eigenvalue weighted by Crippen LogP contribution is -2.25. The first-order valence-electron chi connectivity index (χ1n) is 12.7. The van der Waals surface area contributed by atoms with E-state index in [-0.39, 0.29) is 41.3 Å². The van der Waals surface area contributed by atoms with Crippen molar-refractivity contribution >= 4 is 5.97 Å². The maximum Gasteiger partial charge on any atom is 0.417 e. The number of hydrogen-bond donors (Lipinski definition) is 0. The summed E-state index contributed by atoms with van der Waals surface area (Å²) in [4.78, 5) is 25.5. The average molecular weight is 622 g/mol. The van der Waals surface area contributed by atoms with E-state index in [9.17, 15) is 39.9 Å². The van der Waals surface area contributed by atoms with Gasteiger partial charge in [0.25, 0.3) is 0 Å². The van der Waals surface area contributed by atoms with Crippen LogP contribution < -0.4 is 0 Å². The van der Waals surface area contributed by atoms with Gasteiger partial charge in [-0.15, -0.1) is 0 Å². The summed E-state index contributed by atoms with van der Waals surface area (Å²) in [6, 6.07) is 5.43. The highest BCUT2D eigenvalue weighted by Crippen LogP contribution is 2.40. The fourth-order valence-corrected chi connectivity index (χ4v) is 4.25. The Hall–Kier alpha value is -5.02. The third-order valence-corrected chi connectivity index (χ3v) is 6.31. The molecule has 0 spiro atoms. The summed E-state index contributed by atoms with van der Waals surface area (Å²) in [5.74, 6) is -3.27. The van der Waals surface area contributed by atoms with Crippen LogP contribution in [0, 0.1) is 11.6 Å². The first-order chi connectivity index (χ1) is 20.8. The molecular formula is C28H18F8N6O2. The van der Waals surface area contributed by atoms with Crippen LogP contribution in [-0.4, -0.2) is 42.3 Å². The molecule has 3 heterocycles. The average Bonchev–Trinajstić information content (AvgIpc) is 3.40. The predicted octanol–water partition coefficient (Wildman–Crippen LogP) is 6.76. The van der Waals surface area contributed by atoms with E-state index >= 15 is 0 Å². The first-order valence-corrected chi connectivity index (χ1v) is 12.7. The van der Waals surface area contributed by atoms with Crippen LogP contribution in [0.4, 0.5) is 35.1 Å². The summed E-state index contributed by atoms with van der Waals surface area (Å²) in [5.41, 5.74) is -4.39. The smallest absolute Gasteiger partial charge is 0.417 e. The van der Waals surface area contributed by atoms with Crippen molar-refractivity contribution < 1.29 is 44.7 Å². The molecule has 228 valence electrons. The van der Waals surface area contributed by atoms with Crippen LogP contribution in [0.15, 0.2) is 61.1 Å². The highest BCUT2D eigenvalue weighted by molar-refractivity contribution is 5.78. The number of halogens is 8. The van der Waals surface area contributed by atoms with Gasteiger partial charge in [-0.05, 0) is 42.8 Å². The maximum absolute atomic E-state index is 14.3. The SMILES string of the molecule is CCCOC(=O)C(c1ccc(-c2ccc(C(F)(F)F)cc2C(F)(F)F)nn1)n1cnc2nc(-c3cccc(F)c3F)nc-2c1. The summed E-state index contributed by atoms with van der Waals surface area (Å²) in [6.45, 7) is 1.75. The molecule has 2 aliphatic heterocycles. The zero-order chi connectivity index (χ0) is 31.8. The van der Waals surface area contributed by atoms with Gasteiger partial charge in [-0.25, -0.2) is 28.5 Å². The largest absolute Gasteiger partial charge is 0.464 e. The summed E-state index contributed by atoms with van der Waals surface area (Å²) in [7, 11) is 0. The van der Waals surface area contributed by atoms with Gasteiger partial charge in [-0.1, -0.05) is 19.1 Å². The molecule has 2 aliphatic rings. The number of benzene rings is 2. The topological polar surface area (TPSA) is 95.7 Å². The van der Waals surface area contributed by atoms with Crippen LogP contribution in [0.25, 0.3) is 34.2 Å². The van der Waals surface area contributed by atoms with Gasteiger partial charge in [0.15, 0.2) is 29.3 Å². The number of alkyl halides is 6. The number of hydrogen-bond acceptors (Lipinski definition) is 7. The molecule has 0 bridgehead atoms. The van der Waals surface area contributed by atoms with Gasteiger partial charge in [0, 0.05) is 11.8 Å². The van der Waals surface area contributed by atoms with E-state index in [4.69, 9.17) is 4.74 Å². The number of nitrogens with zero attached hydrogens (tertiary/aromatic N) is 6. The third-order valence-electron chi connectivity index (χ3n) is 6.31. The van der Waals surface area contributed by atoms with Gasteiger partial charge < -0.3 is 9.30 Å². The summed E-state index contributed by atoms with van der Waals surface area (Å²) >= 11 is 0. The molecule has 0 saturated heterocycles.